The van der Waals surface area contributed by atoms with Crippen molar-refractivity contribution in [3.8, 4) is 0 Å². The molecule has 0 radical (unpaired) electrons. The van der Waals surface area contributed by atoms with Gasteiger partial charge in [0.1, 0.15) is 12.6 Å². The van der Waals surface area contributed by atoms with Crippen molar-refractivity contribution in [2.45, 2.75) is 25.8 Å². The van der Waals surface area contributed by atoms with Crippen molar-refractivity contribution >= 4 is 17.8 Å². The van der Waals surface area contributed by atoms with E-state index < -0.39 is 18.0 Å². The van der Waals surface area contributed by atoms with Crippen molar-refractivity contribution in [3.05, 3.63) is 0 Å². The highest BCUT2D eigenvalue weighted by molar-refractivity contribution is 6.06. The van der Waals surface area contributed by atoms with E-state index in [1.807, 2.05) is 6.92 Å². The average Bonchev–Trinajstić information content (AvgIpc) is 2.55. The number of amides is 4. The van der Waals surface area contributed by atoms with Crippen LogP contribution in [-0.2, 0) is 9.59 Å². The summed E-state index contributed by atoms with van der Waals surface area (Å²) in [7, 11) is 0. The van der Waals surface area contributed by atoms with Gasteiger partial charge in [-0.25, -0.2) is 4.79 Å². The molecule has 0 saturated carbocycles. The molecular weight excluding hydrogens is 226 g/mol. The molecule has 7 nitrogen and oxygen atoms in total. The van der Waals surface area contributed by atoms with Crippen LogP contribution in [0.1, 0.15) is 19.8 Å². The summed E-state index contributed by atoms with van der Waals surface area (Å²) < 4.78 is 0. The number of hydrogen-bond donors (Lipinski definition) is 3. The molecule has 4 amide bonds. The molecule has 0 spiro atoms. The smallest absolute Gasteiger partial charge is 0.325 e. The fraction of sp³-hybridized carbons (Fsp3) is 0.700. The zero-order chi connectivity index (χ0) is 12.8. The highest BCUT2D eigenvalue weighted by Crippen LogP contribution is 2.10. The molecule has 0 aromatic heterocycles. The molecule has 1 fully saturated rings. The number of carbonyl (C=O) groups excluding carboxylic acids is 3. The summed E-state index contributed by atoms with van der Waals surface area (Å²) in [6, 6.07) is -1.05. The first kappa shape index (κ1) is 13.4. The third kappa shape index (κ3) is 3.42. The molecule has 96 valence electrons. The maximum Gasteiger partial charge on any atom is 0.325 e. The Labute approximate surface area is 99.2 Å². The Morgan fingerprint density at radius 1 is 1.53 bits per heavy atom. The lowest BCUT2D eigenvalue weighted by molar-refractivity contribution is -0.132. The number of imide groups is 1. The van der Waals surface area contributed by atoms with Crippen molar-refractivity contribution in [1.29, 1.82) is 0 Å². The molecule has 0 aromatic rings. The van der Waals surface area contributed by atoms with Crippen LogP contribution in [0.2, 0.25) is 0 Å². The van der Waals surface area contributed by atoms with Crippen molar-refractivity contribution in [1.82, 2.24) is 15.5 Å². The van der Waals surface area contributed by atoms with Gasteiger partial charge in [0.25, 0.3) is 5.91 Å². The first-order chi connectivity index (χ1) is 8.10. The summed E-state index contributed by atoms with van der Waals surface area (Å²) in [6.07, 6.45) is 1.35. The topological polar surface area (TPSA) is 98.7 Å². The Bertz CT molecular complexity index is 319. The van der Waals surface area contributed by atoms with Crippen LogP contribution in [0.4, 0.5) is 4.79 Å². The second kappa shape index (κ2) is 6.19. The lowest BCUT2D eigenvalue weighted by Gasteiger charge is -2.12. The quantitative estimate of drug-likeness (QED) is 0.511. The fourth-order valence-electron chi connectivity index (χ4n) is 1.61. The van der Waals surface area contributed by atoms with Gasteiger partial charge in [0, 0.05) is 6.54 Å². The van der Waals surface area contributed by atoms with Crippen molar-refractivity contribution in [2.75, 3.05) is 19.7 Å². The van der Waals surface area contributed by atoms with E-state index in [2.05, 4.69) is 10.6 Å². The molecule has 3 N–H and O–H groups in total. The van der Waals surface area contributed by atoms with E-state index in [1.165, 1.54) is 0 Å². The highest BCUT2D eigenvalue weighted by Gasteiger charge is 2.38. The van der Waals surface area contributed by atoms with E-state index >= 15 is 0 Å². The van der Waals surface area contributed by atoms with E-state index in [1.54, 1.807) is 0 Å². The predicted molar refractivity (Wildman–Crippen MR) is 59.0 cm³/mol. The lowest BCUT2D eigenvalue weighted by atomic mass is 10.2. The van der Waals surface area contributed by atoms with Gasteiger partial charge in [0.2, 0.25) is 5.91 Å². The van der Waals surface area contributed by atoms with Crippen molar-refractivity contribution in [3.63, 3.8) is 0 Å². The third-order valence-electron chi connectivity index (χ3n) is 2.42. The monoisotopic (exact) mass is 243 g/mol. The first-order valence-electron chi connectivity index (χ1n) is 5.59. The predicted octanol–water partition coefficient (Wildman–Crippen LogP) is -1.18. The number of aliphatic hydroxyl groups is 1. The van der Waals surface area contributed by atoms with Crippen LogP contribution in [-0.4, -0.2) is 53.6 Å². The lowest BCUT2D eigenvalue weighted by Crippen LogP contribution is -2.41. The van der Waals surface area contributed by atoms with E-state index in [0.717, 1.165) is 11.3 Å². The van der Waals surface area contributed by atoms with Gasteiger partial charge in [0.15, 0.2) is 0 Å². The van der Waals surface area contributed by atoms with Crippen LogP contribution in [0.15, 0.2) is 0 Å². The summed E-state index contributed by atoms with van der Waals surface area (Å²) >= 11 is 0. The number of hydrogen-bond acceptors (Lipinski definition) is 4. The van der Waals surface area contributed by atoms with Crippen LogP contribution < -0.4 is 10.6 Å². The van der Waals surface area contributed by atoms with Gasteiger partial charge < -0.3 is 15.7 Å². The van der Waals surface area contributed by atoms with Gasteiger partial charge >= 0.3 is 6.03 Å². The Balaban J connectivity index is 2.51. The van der Waals surface area contributed by atoms with Crippen molar-refractivity contribution in [2.24, 2.45) is 0 Å². The van der Waals surface area contributed by atoms with E-state index in [4.69, 9.17) is 5.11 Å². The molecule has 0 aliphatic carbocycles. The maximum absolute atomic E-state index is 11.7. The minimum atomic E-state index is -0.535. The van der Waals surface area contributed by atoms with E-state index in [-0.39, 0.29) is 25.6 Å². The second-order valence-corrected chi connectivity index (χ2v) is 3.79. The molecule has 0 bridgehead atoms. The molecule has 1 atom stereocenters. The molecule has 1 saturated heterocycles. The summed E-state index contributed by atoms with van der Waals surface area (Å²) in [5.41, 5.74) is 0. The normalized spacial score (nSPS) is 19.4. The second-order valence-electron chi connectivity index (χ2n) is 3.79. The van der Waals surface area contributed by atoms with Crippen LogP contribution in [0, 0.1) is 0 Å². The fourth-order valence-corrected chi connectivity index (χ4v) is 1.61. The van der Waals surface area contributed by atoms with Gasteiger partial charge in [-0.15, -0.1) is 0 Å². The molecule has 1 heterocycles. The number of urea groups is 1. The van der Waals surface area contributed by atoms with Crippen molar-refractivity contribution < 1.29 is 19.5 Å². The Hall–Kier alpha value is -1.63. The van der Waals surface area contributed by atoms with Gasteiger partial charge in [-0.1, -0.05) is 13.3 Å². The Morgan fingerprint density at radius 3 is 2.82 bits per heavy atom. The van der Waals surface area contributed by atoms with Gasteiger partial charge in [-0.05, 0) is 6.42 Å². The zero-order valence-corrected chi connectivity index (χ0v) is 9.73. The minimum absolute atomic E-state index is 0.112. The van der Waals surface area contributed by atoms with Gasteiger partial charge in [-0.2, -0.15) is 0 Å². The summed E-state index contributed by atoms with van der Waals surface area (Å²) in [5, 5.41) is 13.4. The average molecular weight is 243 g/mol. The Kier molecular flexibility index (Phi) is 4.89. The SMILES string of the molecule is CCCC1NC(=O)N(CC(=O)NCCO)C1=O. The summed E-state index contributed by atoms with van der Waals surface area (Å²) in [6.45, 7) is 1.55. The molecule has 1 aliphatic heterocycles. The van der Waals surface area contributed by atoms with Gasteiger partial charge in [0.05, 0.1) is 6.61 Å². The number of aliphatic hydroxyl groups excluding tert-OH is 1. The van der Waals surface area contributed by atoms with Crippen LogP contribution in [0.25, 0.3) is 0 Å². The number of carbonyl (C=O) groups is 3. The molecule has 1 aliphatic rings. The van der Waals surface area contributed by atoms with Crippen LogP contribution >= 0.6 is 0 Å². The van der Waals surface area contributed by atoms with Crippen LogP contribution in [0.3, 0.4) is 0 Å². The standard InChI is InChI=1S/C10H17N3O4/c1-2-3-7-9(16)13(10(17)12-7)6-8(15)11-4-5-14/h7,14H,2-6H2,1H3,(H,11,15)(H,12,17). The molecule has 17 heavy (non-hydrogen) atoms. The first-order valence-corrected chi connectivity index (χ1v) is 5.59. The summed E-state index contributed by atoms with van der Waals surface area (Å²) in [5.74, 6) is -0.823. The van der Waals surface area contributed by atoms with Crippen LogP contribution in [0.5, 0.6) is 0 Å². The van der Waals surface area contributed by atoms with E-state index in [0.29, 0.717) is 6.42 Å². The number of rotatable bonds is 6. The largest absolute Gasteiger partial charge is 0.395 e. The summed E-state index contributed by atoms with van der Waals surface area (Å²) in [4.78, 5) is 35.4. The maximum atomic E-state index is 11.7. The third-order valence-corrected chi connectivity index (χ3v) is 2.42. The molecule has 0 aromatic carbocycles. The molecular formula is C10H17N3O4. The zero-order valence-electron chi connectivity index (χ0n) is 9.73. The molecule has 1 unspecified atom stereocenters. The highest BCUT2D eigenvalue weighted by atomic mass is 16.3. The van der Waals surface area contributed by atoms with Gasteiger partial charge in [-0.3, -0.25) is 14.5 Å². The minimum Gasteiger partial charge on any atom is -0.395 e. The van der Waals surface area contributed by atoms with E-state index in [9.17, 15) is 14.4 Å². The molecule has 1 rings (SSSR count). The Morgan fingerprint density at radius 2 is 2.24 bits per heavy atom. The molecule has 7 heteroatoms. The number of nitrogens with one attached hydrogen (secondary N) is 2. The number of nitrogens with zero attached hydrogens (tertiary/aromatic N) is 1.